The number of hydrogen-bond acceptors (Lipinski definition) is 5. The standard InChI is InChI=1S/C15H18N4O/c1-18(13-5-3-2-4-6-13)14-7-8-16-15(17-14)19-9-11-20-12-10-19/h2-8H,9-12H2,1H3. The molecule has 1 saturated heterocycles. The molecule has 5 nitrogen and oxygen atoms in total. The summed E-state index contributed by atoms with van der Waals surface area (Å²) in [4.78, 5) is 13.2. The summed E-state index contributed by atoms with van der Waals surface area (Å²) in [6.07, 6.45) is 1.81. The SMILES string of the molecule is CN(c1ccccc1)c1ccnc(N2CCOCC2)n1. The highest BCUT2D eigenvalue weighted by Crippen LogP contribution is 2.22. The molecule has 2 heterocycles. The molecule has 0 atom stereocenters. The third-order valence-corrected chi connectivity index (χ3v) is 3.41. The van der Waals surface area contributed by atoms with Gasteiger partial charge in [0.2, 0.25) is 5.95 Å². The Labute approximate surface area is 118 Å². The first-order chi connectivity index (χ1) is 9.84. The van der Waals surface area contributed by atoms with Crippen LogP contribution in [0, 0.1) is 0 Å². The number of rotatable bonds is 3. The third kappa shape index (κ3) is 2.72. The van der Waals surface area contributed by atoms with Crippen LogP contribution in [0.2, 0.25) is 0 Å². The first kappa shape index (κ1) is 12.9. The van der Waals surface area contributed by atoms with Crippen LogP contribution in [0.1, 0.15) is 0 Å². The summed E-state index contributed by atoms with van der Waals surface area (Å²) in [5, 5.41) is 0. The Kier molecular flexibility index (Phi) is 3.78. The summed E-state index contributed by atoms with van der Waals surface area (Å²) in [5.41, 5.74) is 1.11. The van der Waals surface area contributed by atoms with Gasteiger partial charge in [-0.15, -0.1) is 0 Å². The molecule has 0 bridgehead atoms. The molecule has 1 aromatic carbocycles. The fourth-order valence-electron chi connectivity index (χ4n) is 2.23. The van der Waals surface area contributed by atoms with E-state index in [0.29, 0.717) is 0 Å². The van der Waals surface area contributed by atoms with Crippen molar-refractivity contribution in [3.8, 4) is 0 Å². The van der Waals surface area contributed by atoms with Crippen molar-refractivity contribution in [1.82, 2.24) is 9.97 Å². The Hall–Kier alpha value is -2.14. The van der Waals surface area contributed by atoms with Gasteiger partial charge in [-0.1, -0.05) is 18.2 Å². The quantitative estimate of drug-likeness (QED) is 0.854. The van der Waals surface area contributed by atoms with Crippen molar-refractivity contribution < 1.29 is 4.74 Å². The maximum atomic E-state index is 5.36. The van der Waals surface area contributed by atoms with Crippen LogP contribution < -0.4 is 9.80 Å². The minimum absolute atomic E-state index is 0.738. The lowest BCUT2D eigenvalue weighted by Gasteiger charge is -2.27. The second-order valence-electron chi connectivity index (χ2n) is 4.71. The maximum Gasteiger partial charge on any atom is 0.227 e. The number of hydrogen-bond donors (Lipinski definition) is 0. The molecule has 1 aliphatic heterocycles. The van der Waals surface area contributed by atoms with E-state index >= 15 is 0 Å². The summed E-state index contributed by atoms with van der Waals surface area (Å²) in [6, 6.07) is 12.1. The number of nitrogens with zero attached hydrogens (tertiary/aromatic N) is 4. The lowest BCUT2D eigenvalue weighted by Crippen LogP contribution is -2.37. The number of para-hydroxylation sites is 1. The lowest BCUT2D eigenvalue weighted by atomic mass is 10.3. The van der Waals surface area contributed by atoms with Gasteiger partial charge in [-0.3, -0.25) is 0 Å². The minimum atomic E-state index is 0.738. The van der Waals surface area contributed by atoms with Crippen LogP contribution in [0.3, 0.4) is 0 Å². The molecule has 0 aliphatic carbocycles. The van der Waals surface area contributed by atoms with Gasteiger partial charge in [0, 0.05) is 32.0 Å². The zero-order chi connectivity index (χ0) is 13.8. The predicted molar refractivity (Wildman–Crippen MR) is 79.6 cm³/mol. The molecule has 5 heteroatoms. The van der Waals surface area contributed by atoms with Gasteiger partial charge in [-0.25, -0.2) is 4.98 Å². The highest BCUT2D eigenvalue weighted by molar-refractivity contribution is 5.59. The minimum Gasteiger partial charge on any atom is -0.378 e. The number of ether oxygens (including phenoxy) is 1. The van der Waals surface area contributed by atoms with Crippen molar-refractivity contribution in [3.05, 3.63) is 42.6 Å². The first-order valence-electron chi connectivity index (χ1n) is 6.79. The van der Waals surface area contributed by atoms with Crippen molar-refractivity contribution in [2.75, 3.05) is 43.2 Å². The van der Waals surface area contributed by atoms with Crippen LogP contribution in [0.15, 0.2) is 42.6 Å². The summed E-state index contributed by atoms with van der Waals surface area (Å²) < 4.78 is 5.36. The van der Waals surface area contributed by atoms with E-state index in [1.54, 1.807) is 0 Å². The monoisotopic (exact) mass is 270 g/mol. The molecule has 104 valence electrons. The molecule has 0 spiro atoms. The number of morpholine rings is 1. The van der Waals surface area contributed by atoms with E-state index in [4.69, 9.17) is 4.74 Å². The predicted octanol–water partition coefficient (Wildman–Crippen LogP) is 2.08. The van der Waals surface area contributed by atoms with Crippen LogP contribution in [0.4, 0.5) is 17.5 Å². The van der Waals surface area contributed by atoms with E-state index in [1.807, 2.05) is 37.5 Å². The maximum absolute atomic E-state index is 5.36. The molecule has 0 saturated carbocycles. The van der Waals surface area contributed by atoms with Gasteiger partial charge in [-0.05, 0) is 18.2 Å². The first-order valence-corrected chi connectivity index (χ1v) is 6.79. The van der Waals surface area contributed by atoms with E-state index in [9.17, 15) is 0 Å². The third-order valence-electron chi connectivity index (χ3n) is 3.41. The zero-order valence-corrected chi connectivity index (χ0v) is 11.6. The van der Waals surface area contributed by atoms with Crippen LogP contribution in [0.25, 0.3) is 0 Å². The second-order valence-corrected chi connectivity index (χ2v) is 4.71. The Bertz CT molecular complexity index is 555. The number of anilines is 3. The fraction of sp³-hybridized carbons (Fsp3) is 0.333. The van der Waals surface area contributed by atoms with Gasteiger partial charge in [0.1, 0.15) is 5.82 Å². The van der Waals surface area contributed by atoms with Crippen LogP contribution in [-0.2, 0) is 4.74 Å². The van der Waals surface area contributed by atoms with E-state index in [1.165, 1.54) is 0 Å². The smallest absolute Gasteiger partial charge is 0.227 e. The number of benzene rings is 1. The van der Waals surface area contributed by atoms with E-state index in [-0.39, 0.29) is 0 Å². The van der Waals surface area contributed by atoms with Gasteiger partial charge in [0.15, 0.2) is 0 Å². The van der Waals surface area contributed by atoms with Crippen molar-refractivity contribution >= 4 is 17.5 Å². The molecule has 1 aromatic heterocycles. The van der Waals surface area contributed by atoms with Crippen LogP contribution in [0.5, 0.6) is 0 Å². The van der Waals surface area contributed by atoms with Gasteiger partial charge in [-0.2, -0.15) is 4.98 Å². The summed E-state index contributed by atoms with van der Waals surface area (Å²) in [7, 11) is 2.01. The molecule has 1 fully saturated rings. The largest absolute Gasteiger partial charge is 0.378 e. The van der Waals surface area contributed by atoms with Gasteiger partial charge >= 0.3 is 0 Å². The van der Waals surface area contributed by atoms with E-state index < -0.39 is 0 Å². The highest BCUT2D eigenvalue weighted by Gasteiger charge is 2.15. The van der Waals surface area contributed by atoms with Crippen molar-refractivity contribution in [2.45, 2.75) is 0 Å². The topological polar surface area (TPSA) is 41.5 Å². The van der Waals surface area contributed by atoms with Crippen LogP contribution in [-0.4, -0.2) is 43.3 Å². The van der Waals surface area contributed by atoms with Crippen LogP contribution >= 0.6 is 0 Å². The van der Waals surface area contributed by atoms with Crippen molar-refractivity contribution in [3.63, 3.8) is 0 Å². The summed E-state index contributed by atoms with van der Waals surface area (Å²) >= 11 is 0. The van der Waals surface area contributed by atoms with Gasteiger partial charge in [0.25, 0.3) is 0 Å². The van der Waals surface area contributed by atoms with E-state index in [2.05, 4.69) is 31.9 Å². The molecule has 2 aromatic rings. The Morgan fingerprint density at radius 1 is 1.10 bits per heavy atom. The molecule has 20 heavy (non-hydrogen) atoms. The van der Waals surface area contributed by atoms with E-state index in [0.717, 1.165) is 43.8 Å². The van der Waals surface area contributed by atoms with Crippen molar-refractivity contribution in [2.24, 2.45) is 0 Å². The molecule has 0 unspecified atom stereocenters. The molecular formula is C15H18N4O. The molecule has 1 aliphatic rings. The Morgan fingerprint density at radius 2 is 1.85 bits per heavy atom. The lowest BCUT2D eigenvalue weighted by molar-refractivity contribution is 0.122. The Morgan fingerprint density at radius 3 is 2.60 bits per heavy atom. The fourth-order valence-corrected chi connectivity index (χ4v) is 2.23. The highest BCUT2D eigenvalue weighted by atomic mass is 16.5. The molecule has 3 rings (SSSR count). The average Bonchev–Trinajstić information content (AvgIpc) is 2.56. The van der Waals surface area contributed by atoms with Gasteiger partial charge in [0.05, 0.1) is 13.2 Å². The zero-order valence-electron chi connectivity index (χ0n) is 11.6. The van der Waals surface area contributed by atoms with Gasteiger partial charge < -0.3 is 14.5 Å². The number of aromatic nitrogens is 2. The second kappa shape index (κ2) is 5.88. The van der Waals surface area contributed by atoms with Crippen molar-refractivity contribution in [1.29, 1.82) is 0 Å². The summed E-state index contributed by atoms with van der Waals surface area (Å²) in [6.45, 7) is 3.17. The molecule has 0 amide bonds. The Balaban J connectivity index is 1.83. The molecule has 0 radical (unpaired) electrons. The molecule has 0 N–H and O–H groups in total. The summed E-state index contributed by atoms with van der Waals surface area (Å²) in [5.74, 6) is 1.67. The average molecular weight is 270 g/mol. The molecular weight excluding hydrogens is 252 g/mol. The normalized spacial score (nSPS) is 15.2.